The average molecular weight is 421 g/mol. The van der Waals surface area contributed by atoms with E-state index in [1.807, 2.05) is 13.8 Å². The standard InChI is InChI=1S/C24H36O6/c1-13-10-22(3)15(9-18(13)27)5-6-16-17-7-8-24(29,20(28)12-25)23(17,4)11-19(21(16)22)30-14(2)26/h13,15-17,19,21,25,29H,5-12H2,1-4H3/t13?,15?,16-,17-,19-,21+,22-,23-,24-/m0/s1. The minimum atomic E-state index is -1.58. The maximum atomic E-state index is 12.6. The Balaban J connectivity index is 1.77. The number of ketones is 2. The molecule has 0 bridgehead atoms. The van der Waals surface area contributed by atoms with Crippen molar-refractivity contribution < 1.29 is 29.3 Å². The fourth-order valence-corrected chi connectivity index (χ4v) is 8.42. The van der Waals surface area contributed by atoms with E-state index in [1.165, 1.54) is 6.92 Å². The Morgan fingerprint density at radius 1 is 1.17 bits per heavy atom. The van der Waals surface area contributed by atoms with E-state index < -0.39 is 29.5 Å². The average Bonchev–Trinajstić information content (AvgIpc) is 2.93. The van der Waals surface area contributed by atoms with Crippen LogP contribution in [0, 0.1) is 40.4 Å². The molecule has 2 N–H and O–H groups in total. The number of ether oxygens (including phenoxy) is 1. The lowest BCUT2D eigenvalue weighted by Gasteiger charge is -2.63. The Labute approximate surface area is 178 Å². The number of carbonyl (C=O) groups excluding carboxylic acids is 3. The van der Waals surface area contributed by atoms with Gasteiger partial charge in [0.25, 0.3) is 0 Å². The largest absolute Gasteiger partial charge is 0.462 e. The Hall–Kier alpha value is -1.27. The molecule has 4 fully saturated rings. The zero-order valence-electron chi connectivity index (χ0n) is 18.6. The van der Waals surface area contributed by atoms with Gasteiger partial charge in [0.15, 0.2) is 5.78 Å². The fraction of sp³-hybridized carbons (Fsp3) is 0.875. The molecule has 0 aliphatic heterocycles. The van der Waals surface area contributed by atoms with Crippen LogP contribution in [0.25, 0.3) is 0 Å². The number of hydrogen-bond acceptors (Lipinski definition) is 6. The molecule has 0 aromatic carbocycles. The number of Topliss-reactive ketones (excluding diaryl/α,β-unsaturated/α-hetero) is 2. The molecule has 0 aromatic heterocycles. The first kappa shape index (κ1) is 21.9. The van der Waals surface area contributed by atoms with Gasteiger partial charge in [-0.25, -0.2) is 0 Å². The van der Waals surface area contributed by atoms with Crippen LogP contribution in [0.4, 0.5) is 0 Å². The van der Waals surface area contributed by atoms with Gasteiger partial charge in [-0.1, -0.05) is 20.8 Å². The Bertz CT molecular complexity index is 763. The number of aliphatic hydroxyl groups is 2. The van der Waals surface area contributed by atoms with E-state index in [-0.39, 0.29) is 35.1 Å². The third kappa shape index (κ3) is 2.85. The van der Waals surface area contributed by atoms with E-state index in [9.17, 15) is 24.6 Å². The van der Waals surface area contributed by atoms with Crippen molar-refractivity contribution in [3.05, 3.63) is 0 Å². The summed E-state index contributed by atoms with van der Waals surface area (Å²) in [5.41, 5.74) is -2.41. The van der Waals surface area contributed by atoms with Gasteiger partial charge in [0.05, 0.1) is 0 Å². The first-order valence-corrected chi connectivity index (χ1v) is 11.5. The lowest BCUT2D eigenvalue weighted by atomic mass is 9.43. The molecule has 4 rings (SSSR count). The maximum absolute atomic E-state index is 12.6. The third-order valence-electron chi connectivity index (χ3n) is 9.79. The van der Waals surface area contributed by atoms with E-state index in [0.717, 1.165) is 25.7 Å². The molecule has 6 heteroatoms. The molecular formula is C24H36O6. The quantitative estimate of drug-likeness (QED) is 0.681. The molecule has 0 aromatic rings. The molecule has 0 saturated heterocycles. The number of rotatable bonds is 3. The van der Waals surface area contributed by atoms with Crippen molar-refractivity contribution in [3.63, 3.8) is 0 Å². The van der Waals surface area contributed by atoms with Crippen LogP contribution < -0.4 is 0 Å². The molecule has 0 heterocycles. The number of esters is 1. The van der Waals surface area contributed by atoms with Crippen LogP contribution >= 0.6 is 0 Å². The molecule has 4 aliphatic carbocycles. The monoisotopic (exact) mass is 420 g/mol. The highest BCUT2D eigenvalue weighted by molar-refractivity contribution is 5.89. The molecule has 6 nitrogen and oxygen atoms in total. The van der Waals surface area contributed by atoms with Gasteiger partial charge in [0, 0.05) is 30.6 Å². The Morgan fingerprint density at radius 2 is 1.87 bits per heavy atom. The van der Waals surface area contributed by atoms with Crippen molar-refractivity contribution in [2.24, 2.45) is 40.4 Å². The van der Waals surface area contributed by atoms with Gasteiger partial charge in [-0.05, 0) is 61.7 Å². The topological polar surface area (TPSA) is 101 Å². The zero-order valence-corrected chi connectivity index (χ0v) is 18.6. The summed E-state index contributed by atoms with van der Waals surface area (Å²) in [7, 11) is 0. The summed E-state index contributed by atoms with van der Waals surface area (Å²) < 4.78 is 5.91. The first-order chi connectivity index (χ1) is 14.0. The third-order valence-corrected chi connectivity index (χ3v) is 9.79. The first-order valence-electron chi connectivity index (χ1n) is 11.5. The lowest BCUT2D eigenvalue weighted by molar-refractivity contribution is -0.212. The van der Waals surface area contributed by atoms with E-state index >= 15 is 0 Å². The summed E-state index contributed by atoms with van der Waals surface area (Å²) in [6.45, 7) is 6.97. The number of fused-ring (bicyclic) bond motifs is 5. The van der Waals surface area contributed by atoms with Crippen LogP contribution in [0.15, 0.2) is 0 Å². The predicted octanol–water partition coefficient (Wildman–Crippen LogP) is 2.68. The summed E-state index contributed by atoms with van der Waals surface area (Å²) in [5, 5.41) is 21.0. The minimum absolute atomic E-state index is 0.00719. The van der Waals surface area contributed by atoms with Gasteiger partial charge >= 0.3 is 5.97 Å². The van der Waals surface area contributed by atoms with E-state index in [0.29, 0.717) is 31.0 Å². The summed E-state index contributed by atoms with van der Waals surface area (Å²) in [6.07, 6.45) is 4.40. The summed E-state index contributed by atoms with van der Waals surface area (Å²) in [4.78, 5) is 37.1. The van der Waals surface area contributed by atoms with Gasteiger partial charge in [0.1, 0.15) is 24.1 Å². The molecule has 2 unspecified atom stereocenters. The second-order valence-corrected chi connectivity index (χ2v) is 11.1. The molecule has 168 valence electrons. The van der Waals surface area contributed by atoms with Crippen LogP contribution in [-0.4, -0.2) is 46.1 Å². The highest BCUT2D eigenvalue weighted by Gasteiger charge is 2.69. The van der Waals surface area contributed by atoms with Crippen LogP contribution in [0.1, 0.15) is 72.6 Å². The number of hydrogen-bond donors (Lipinski definition) is 2. The highest BCUT2D eigenvalue weighted by atomic mass is 16.5. The lowest BCUT2D eigenvalue weighted by Crippen LogP contribution is -2.64. The number of aliphatic hydroxyl groups excluding tert-OH is 1. The summed E-state index contributed by atoms with van der Waals surface area (Å²) in [6, 6.07) is 0. The van der Waals surface area contributed by atoms with Gasteiger partial charge in [-0.3, -0.25) is 14.4 Å². The molecule has 30 heavy (non-hydrogen) atoms. The van der Waals surface area contributed by atoms with Crippen LogP contribution in [0.5, 0.6) is 0 Å². The van der Waals surface area contributed by atoms with Gasteiger partial charge < -0.3 is 14.9 Å². The summed E-state index contributed by atoms with van der Waals surface area (Å²) >= 11 is 0. The number of carbonyl (C=O) groups is 3. The smallest absolute Gasteiger partial charge is 0.302 e. The molecule has 0 radical (unpaired) electrons. The van der Waals surface area contributed by atoms with Crippen molar-refractivity contribution >= 4 is 17.5 Å². The van der Waals surface area contributed by atoms with Crippen LogP contribution in [-0.2, 0) is 19.1 Å². The predicted molar refractivity (Wildman–Crippen MR) is 109 cm³/mol. The second kappa shape index (κ2) is 7.13. The minimum Gasteiger partial charge on any atom is -0.462 e. The highest BCUT2D eigenvalue weighted by Crippen LogP contribution is 2.68. The van der Waals surface area contributed by atoms with E-state index in [2.05, 4.69) is 6.92 Å². The molecule has 0 spiro atoms. The van der Waals surface area contributed by atoms with Crippen molar-refractivity contribution in [2.45, 2.75) is 84.3 Å². The van der Waals surface area contributed by atoms with Crippen LogP contribution in [0.3, 0.4) is 0 Å². The van der Waals surface area contributed by atoms with Gasteiger partial charge in [0.2, 0.25) is 0 Å². The van der Waals surface area contributed by atoms with Gasteiger partial charge in [-0.15, -0.1) is 0 Å². The zero-order chi connectivity index (χ0) is 22.1. The van der Waals surface area contributed by atoms with Crippen LogP contribution in [0.2, 0.25) is 0 Å². The Morgan fingerprint density at radius 3 is 2.50 bits per heavy atom. The normalized spacial score (nSPS) is 50.3. The molecule has 0 amide bonds. The maximum Gasteiger partial charge on any atom is 0.302 e. The molecule has 4 aliphatic rings. The fourth-order valence-electron chi connectivity index (χ4n) is 8.42. The Kier molecular flexibility index (Phi) is 5.21. The van der Waals surface area contributed by atoms with E-state index in [4.69, 9.17) is 4.74 Å². The van der Waals surface area contributed by atoms with E-state index in [1.54, 1.807) is 0 Å². The second-order valence-electron chi connectivity index (χ2n) is 11.1. The van der Waals surface area contributed by atoms with Gasteiger partial charge in [-0.2, -0.15) is 0 Å². The molecule has 9 atom stereocenters. The van der Waals surface area contributed by atoms with Crippen molar-refractivity contribution in [1.82, 2.24) is 0 Å². The van der Waals surface area contributed by atoms with Crippen molar-refractivity contribution in [3.8, 4) is 0 Å². The summed E-state index contributed by atoms with van der Waals surface area (Å²) in [5.74, 6) is 0.267. The van der Waals surface area contributed by atoms with Crippen molar-refractivity contribution in [1.29, 1.82) is 0 Å². The SMILES string of the molecule is CC(=O)O[C@H]1C[C@@]2(C)[C@@H](CC[C@]2(O)C(=O)CO)[C@@H]2CCC3CC(=O)C(C)C[C@]3(C)[C@H]21. The molecular weight excluding hydrogens is 384 g/mol. The molecule has 4 saturated carbocycles. The van der Waals surface area contributed by atoms with Crippen molar-refractivity contribution in [2.75, 3.05) is 6.61 Å².